The third-order valence-electron chi connectivity index (χ3n) is 25.0. The van der Waals surface area contributed by atoms with Crippen LogP contribution in [0.4, 0.5) is 0 Å². The fourth-order valence-electron chi connectivity index (χ4n) is 19.1. The van der Waals surface area contributed by atoms with Gasteiger partial charge in [-0.25, -0.2) is 0 Å². The van der Waals surface area contributed by atoms with Gasteiger partial charge >= 0.3 is 0 Å². The van der Waals surface area contributed by atoms with Gasteiger partial charge in [0.15, 0.2) is 0 Å². The minimum Gasteiger partial charge on any atom is -0.497 e. The van der Waals surface area contributed by atoms with Crippen LogP contribution < -0.4 is 4.74 Å². The topological polar surface area (TPSA) is 19.1 Å². The zero-order valence-electron chi connectivity index (χ0n) is 65.6. The number of fused-ring (bicyclic) bond motifs is 10. The van der Waals surface area contributed by atoms with Crippen molar-refractivity contribution in [3.63, 3.8) is 0 Å². The van der Waals surface area contributed by atoms with Crippen LogP contribution in [0.2, 0.25) is 0 Å². The van der Waals surface area contributed by atoms with Crippen LogP contribution in [0.5, 0.6) is 5.75 Å². The van der Waals surface area contributed by atoms with Crippen molar-refractivity contribution in [2.24, 2.45) is 0 Å². The summed E-state index contributed by atoms with van der Waals surface area (Å²) in [6.45, 7) is 14.0. The molecule has 112 heavy (non-hydrogen) atoms. The zero-order valence-corrected chi connectivity index (χ0v) is 65.6. The molecule has 16 aromatic carbocycles. The van der Waals surface area contributed by atoms with Crippen LogP contribution in [0, 0.1) is 0 Å². The monoisotopic (exact) mass is 1450 g/mol. The fourth-order valence-corrected chi connectivity index (χ4v) is 19.1. The van der Waals surface area contributed by atoms with Gasteiger partial charge in [0.05, 0.1) is 29.2 Å². The lowest BCUT2D eigenvalue weighted by atomic mass is 9.77. The van der Waals surface area contributed by atoms with Crippen LogP contribution in [0.3, 0.4) is 0 Å². The molecular formula is C109H96N2O. The number of benzene rings is 16. The summed E-state index contributed by atoms with van der Waals surface area (Å²) in [6.07, 6.45) is 13.5. The molecule has 0 bridgehead atoms. The van der Waals surface area contributed by atoms with E-state index in [-0.39, 0.29) is 10.8 Å². The Morgan fingerprint density at radius 2 is 0.527 bits per heavy atom. The molecule has 0 unspecified atom stereocenters. The van der Waals surface area contributed by atoms with Crippen molar-refractivity contribution >= 4 is 86.7 Å². The molecule has 548 valence electrons. The summed E-state index contributed by atoms with van der Waals surface area (Å²) in [5, 5.41) is 15.5. The maximum atomic E-state index is 5.49. The second-order valence-corrected chi connectivity index (χ2v) is 33.9. The maximum absolute atomic E-state index is 5.49. The van der Waals surface area contributed by atoms with Crippen molar-refractivity contribution in [3.05, 3.63) is 344 Å². The first-order valence-corrected chi connectivity index (χ1v) is 40.9. The van der Waals surface area contributed by atoms with Gasteiger partial charge < -0.3 is 13.9 Å². The third-order valence-corrected chi connectivity index (χ3v) is 25.0. The number of rotatable bonds is 11. The van der Waals surface area contributed by atoms with E-state index >= 15 is 0 Å². The minimum absolute atomic E-state index is 0.0367. The van der Waals surface area contributed by atoms with Crippen LogP contribution in [-0.2, 0) is 10.8 Å². The van der Waals surface area contributed by atoms with E-state index in [4.69, 9.17) is 4.74 Å². The van der Waals surface area contributed by atoms with E-state index in [0.29, 0.717) is 11.8 Å². The Morgan fingerprint density at radius 3 is 0.848 bits per heavy atom. The third kappa shape index (κ3) is 12.8. The Hall–Kier alpha value is -12.0. The highest BCUT2D eigenvalue weighted by molar-refractivity contribution is 6.23. The van der Waals surface area contributed by atoms with Gasteiger partial charge in [0.1, 0.15) is 5.75 Å². The van der Waals surface area contributed by atoms with Gasteiger partial charge in [-0.15, -0.1) is 0 Å². The molecule has 0 aliphatic heterocycles. The van der Waals surface area contributed by atoms with Crippen molar-refractivity contribution in [2.45, 2.75) is 128 Å². The molecule has 18 aromatic rings. The smallest absolute Gasteiger partial charge is 0.118 e. The molecule has 2 aromatic heterocycles. The van der Waals surface area contributed by atoms with E-state index < -0.39 is 0 Å². The molecule has 0 radical (unpaired) electrons. The average Bonchev–Trinajstić information content (AvgIpc) is 1.51. The number of ether oxygens (including phenoxy) is 1. The highest BCUT2D eigenvalue weighted by atomic mass is 16.5. The van der Waals surface area contributed by atoms with E-state index in [2.05, 4.69) is 360 Å². The second-order valence-electron chi connectivity index (χ2n) is 33.9. The van der Waals surface area contributed by atoms with Crippen molar-refractivity contribution in [1.29, 1.82) is 0 Å². The van der Waals surface area contributed by atoms with Gasteiger partial charge in [-0.05, 0) is 265 Å². The normalized spacial score (nSPS) is 14.0. The summed E-state index contributed by atoms with van der Waals surface area (Å²) in [5.74, 6) is 2.23. The van der Waals surface area contributed by atoms with Gasteiger partial charge in [0, 0.05) is 32.9 Å². The van der Waals surface area contributed by atoms with Crippen LogP contribution in [0.1, 0.15) is 140 Å². The van der Waals surface area contributed by atoms with Gasteiger partial charge in [0.2, 0.25) is 0 Å². The molecule has 2 aliphatic carbocycles. The standard InChI is InChI=1S/C58H61N.C51H35NO/c1-57(2,3)44-33-43(34-45(37-44)58(4,5)6)56-49-23-15-13-21-47(49)55(48-22-14-16-24-50(48)56)40-25-29-46(30-26-40)59-53-31-27-41(38-17-9-7-10-18-38)35-51(53)52-36-42(28-32-54(52)59)39-19-11-8-12-20-39;1-53-41-28-22-37(23-29-41)51-44-18-10-8-16-42(44)50(43-17-9-11-19-45(43)51)36-20-26-40(27-21-36)52-48-30-24-38(34-12-4-2-5-13-34)32-46(48)47-33-39(25-31-49(47)52)35-14-6-3-7-15-35/h13-16,21-39H,7-12,17-20H2,1-6H3;2-33H,1H3. The molecule has 0 N–H and O–H groups in total. The van der Waals surface area contributed by atoms with E-state index in [9.17, 15) is 0 Å². The van der Waals surface area contributed by atoms with Gasteiger partial charge in [-0.3, -0.25) is 0 Å². The number of hydrogen-bond donors (Lipinski definition) is 0. The fraction of sp³-hybridized carbons (Fsp3) is 0.193. The number of methoxy groups -OCH3 is 1. The van der Waals surface area contributed by atoms with Gasteiger partial charge in [0.25, 0.3) is 0 Å². The molecule has 2 aliphatic rings. The van der Waals surface area contributed by atoms with E-state index in [1.807, 2.05) is 12.1 Å². The first kappa shape index (κ1) is 70.4. The van der Waals surface area contributed by atoms with E-state index in [1.54, 1.807) is 7.11 Å². The molecule has 20 rings (SSSR count). The van der Waals surface area contributed by atoms with Crippen LogP contribution >= 0.6 is 0 Å². The zero-order chi connectivity index (χ0) is 75.8. The predicted octanol–water partition coefficient (Wildman–Crippen LogP) is 30.9. The van der Waals surface area contributed by atoms with Crippen molar-refractivity contribution < 1.29 is 4.74 Å². The molecular weight excluding hydrogens is 1350 g/mol. The maximum Gasteiger partial charge on any atom is 0.118 e. The first-order chi connectivity index (χ1) is 54.8. The Morgan fingerprint density at radius 1 is 0.241 bits per heavy atom. The number of aromatic nitrogens is 2. The summed E-state index contributed by atoms with van der Waals surface area (Å²) >= 11 is 0. The molecule has 0 saturated heterocycles. The SMILES string of the molecule is CC(C)(C)c1cc(-c2c3ccccc3c(-c3ccc(-n4c5ccc(C6CCCCC6)cc5c5cc(C6CCCCC6)ccc54)cc3)c3ccccc23)cc(C(C)(C)C)c1.COc1ccc(-c2c3ccccc3c(-c3ccc(-n4c5ccc(-c6ccccc6)cc5c5cc(-c6ccccc6)ccc54)cc3)c3ccccc23)cc1. The summed E-state index contributed by atoms with van der Waals surface area (Å²) in [6, 6.07) is 120. The Labute approximate surface area is 659 Å². The van der Waals surface area contributed by atoms with Crippen molar-refractivity contribution in [3.8, 4) is 83.9 Å². The van der Waals surface area contributed by atoms with Crippen LogP contribution in [0.15, 0.2) is 322 Å². The second kappa shape index (κ2) is 29.0. The quantitative estimate of drug-likeness (QED) is 0.118. The molecule has 0 atom stereocenters. The van der Waals surface area contributed by atoms with E-state index in [0.717, 1.165) is 11.4 Å². The average molecular weight is 1450 g/mol. The Kier molecular flexibility index (Phi) is 18.2. The Bertz CT molecular complexity index is 6270. The van der Waals surface area contributed by atoms with Crippen molar-refractivity contribution in [2.75, 3.05) is 7.11 Å². The summed E-state index contributed by atoms with van der Waals surface area (Å²) < 4.78 is 10.4. The molecule has 3 nitrogen and oxygen atoms in total. The highest BCUT2D eigenvalue weighted by Crippen LogP contribution is 2.50. The molecule has 0 spiro atoms. The molecule has 2 fully saturated rings. The molecule has 2 heterocycles. The van der Waals surface area contributed by atoms with Crippen LogP contribution in [-0.4, -0.2) is 16.2 Å². The van der Waals surface area contributed by atoms with E-state index in [1.165, 1.54) is 246 Å². The lowest BCUT2D eigenvalue weighted by Crippen LogP contribution is -2.16. The lowest BCUT2D eigenvalue weighted by molar-refractivity contribution is 0.415. The van der Waals surface area contributed by atoms with Gasteiger partial charge in [-0.1, -0.05) is 317 Å². The molecule has 3 heteroatoms. The summed E-state index contributed by atoms with van der Waals surface area (Å²) in [7, 11) is 1.71. The number of hydrogen-bond acceptors (Lipinski definition) is 1. The molecule has 2 saturated carbocycles. The van der Waals surface area contributed by atoms with Crippen LogP contribution in [0.25, 0.3) is 165 Å². The lowest BCUT2D eigenvalue weighted by Gasteiger charge is -2.27. The van der Waals surface area contributed by atoms with Gasteiger partial charge in [-0.2, -0.15) is 0 Å². The Balaban J connectivity index is 0.000000152. The first-order valence-electron chi connectivity index (χ1n) is 40.9. The minimum atomic E-state index is 0.0367. The number of nitrogens with zero attached hydrogens (tertiary/aromatic N) is 2. The summed E-state index contributed by atoms with van der Waals surface area (Å²) in [4.78, 5) is 0. The predicted molar refractivity (Wildman–Crippen MR) is 480 cm³/mol. The highest BCUT2D eigenvalue weighted by Gasteiger charge is 2.27. The van der Waals surface area contributed by atoms with Crippen molar-refractivity contribution in [1.82, 2.24) is 9.13 Å². The largest absolute Gasteiger partial charge is 0.497 e. The molecule has 0 amide bonds. The summed E-state index contributed by atoms with van der Waals surface area (Å²) in [5.41, 5.74) is 28.2.